The molecule has 0 N–H and O–H groups in total. The van der Waals surface area contributed by atoms with E-state index >= 15 is 0 Å². The van der Waals surface area contributed by atoms with E-state index < -0.39 is 10.0 Å². The molecule has 2 heterocycles. The van der Waals surface area contributed by atoms with Crippen molar-refractivity contribution in [1.82, 2.24) is 8.87 Å². The van der Waals surface area contributed by atoms with Crippen molar-refractivity contribution in [1.29, 1.82) is 0 Å². The number of aryl methyl sites for hydroxylation is 1. The van der Waals surface area contributed by atoms with E-state index in [4.69, 9.17) is 0 Å². The zero-order valence-electron chi connectivity index (χ0n) is 17.1. The second kappa shape index (κ2) is 8.45. The van der Waals surface area contributed by atoms with E-state index in [2.05, 4.69) is 4.99 Å². The standard InChI is InChI=1S/C22H25N3O3S2/c1-3-17-8-6-7-15-25(17)30(27,28)18-13-11-16(12-14-18)21(26)23-22-24(2)19-9-4-5-10-20(19)29-22/h4-5,9-14,17H,3,6-8,15H2,1-2H3/t17-/m0/s1. The fraction of sp³-hybridized carbons (Fsp3) is 0.364. The molecule has 0 radical (unpaired) electrons. The first-order valence-electron chi connectivity index (χ1n) is 10.2. The molecule has 158 valence electrons. The molecule has 1 aliphatic rings. The molecular weight excluding hydrogens is 418 g/mol. The van der Waals surface area contributed by atoms with E-state index in [-0.39, 0.29) is 16.8 Å². The summed E-state index contributed by atoms with van der Waals surface area (Å²) >= 11 is 1.45. The highest BCUT2D eigenvalue weighted by atomic mass is 32.2. The Kier molecular flexibility index (Phi) is 5.90. The fourth-order valence-corrected chi connectivity index (χ4v) is 6.73. The van der Waals surface area contributed by atoms with Gasteiger partial charge in [0.05, 0.1) is 15.1 Å². The van der Waals surface area contributed by atoms with Crippen molar-refractivity contribution >= 4 is 37.5 Å². The van der Waals surface area contributed by atoms with E-state index in [1.54, 1.807) is 16.4 Å². The molecule has 0 bridgehead atoms. The van der Waals surface area contributed by atoms with Crippen LogP contribution >= 0.6 is 11.3 Å². The lowest BCUT2D eigenvalue weighted by Crippen LogP contribution is -2.43. The van der Waals surface area contributed by atoms with Crippen molar-refractivity contribution in [2.45, 2.75) is 43.5 Å². The number of carbonyl (C=O) groups excluding carboxylic acids is 1. The number of sulfonamides is 1. The zero-order chi connectivity index (χ0) is 21.3. The van der Waals surface area contributed by atoms with Crippen LogP contribution in [0, 0.1) is 0 Å². The highest BCUT2D eigenvalue weighted by molar-refractivity contribution is 7.89. The Morgan fingerprint density at radius 2 is 1.87 bits per heavy atom. The lowest BCUT2D eigenvalue weighted by Gasteiger charge is -2.34. The number of nitrogens with zero attached hydrogens (tertiary/aromatic N) is 3. The Hall–Kier alpha value is -2.29. The number of para-hydroxylation sites is 1. The minimum absolute atomic E-state index is 0.0491. The largest absolute Gasteiger partial charge is 0.319 e. The van der Waals surface area contributed by atoms with Crippen LogP contribution in [0.5, 0.6) is 0 Å². The first-order chi connectivity index (χ1) is 14.4. The minimum atomic E-state index is -3.56. The number of thiazole rings is 1. The number of fused-ring (bicyclic) bond motifs is 1. The molecule has 3 aromatic rings. The summed E-state index contributed by atoms with van der Waals surface area (Å²) in [6.45, 7) is 2.58. The second-order valence-corrected chi connectivity index (χ2v) is 10.4. The van der Waals surface area contributed by atoms with Gasteiger partial charge in [0.1, 0.15) is 0 Å². The third-order valence-corrected chi connectivity index (χ3v) is 8.74. The summed E-state index contributed by atoms with van der Waals surface area (Å²) < 4.78 is 30.7. The molecule has 6 nitrogen and oxygen atoms in total. The molecular formula is C22H25N3O3S2. The van der Waals surface area contributed by atoms with Crippen molar-refractivity contribution in [2.75, 3.05) is 6.54 Å². The molecule has 1 saturated heterocycles. The molecule has 1 aliphatic heterocycles. The number of rotatable bonds is 4. The van der Waals surface area contributed by atoms with Crippen molar-refractivity contribution < 1.29 is 13.2 Å². The molecule has 8 heteroatoms. The quantitative estimate of drug-likeness (QED) is 0.613. The van der Waals surface area contributed by atoms with Gasteiger partial charge in [-0.15, -0.1) is 0 Å². The highest BCUT2D eigenvalue weighted by Gasteiger charge is 2.32. The summed E-state index contributed by atoms with van der Waals surface area (Å²) in [5.74, 6) is -0.384. The maximum atomic E-state index is 13.1. The summed E-state index contributed by atoms with van der Waals surface area (Å²) in [6.07, 6.45) is 3.66. The van der Waals surface area contributed by atoms with E-state index in [1.807, 2.05) is 42.8 Å². The first-order valence-corrected chi connectivity index (χ1v) is 12.4. The zero-order valence-corrected chi connectivity index (χ0v) is 18.7. The van der Waals surface area contributed by atoms with Crippen LogP contribution in [-0.4, -0.2) is 35.8 Å². The average Bonchev–Trinajstić information content (AvgIpc) is 3.09. The molecule has 0 aliphatic carbocycles. The molecule has 1 atom stereocenters. The third kappa shape index (κ3) is 3.87. The molecule has 0 spiro atoms. The Morgan fingerprint density at radius 1 is 1.13 bits per heavy atom. The van der Waals surface area contributed by atoms with E-state index in [9.17, 15) is 13.2 Å². The number of carbonyl (C=O) groups is 1. The molecule has 0 unspecified atom stereocenters. The number of aromatic nitrogens is 1. The second-order valence-electron chi connectivity index (χ2n) is 7.53. The summed E-state index contributed by atoms with van der Waals surface area (Å²) in [4.78, 5) is 17.8. The van der Waals surface area contributed by atoms with Gasteiger partial charge in [-0.05, 0) is 55.7 Å². The first kappa shape index (κ1) is 21.0. The van der Waals surface area contributed by atoms with Gasteiger partial charge in [0.25, 0.3) is 5.91 Å². The SMILES string of the molecule is CC[C@H]1CCCCN1S(=O)(=O)c1ccc(C(=O)N=c2sc3ccccc3n2C)cc1. The summed E-state index contributed by atoms with van der Waals surface area (Å²) in [7, 11) is -1.68. The monoisotopic (exact) mass is 443 g/mol. The van der Waals surface area contributed by atoms with Crippen LogP contribution in [0.1, 0.15) is 43.0 Å². The molecule has 1 amide bonds. The minimum Gasteiger partial charge on any atom is -0.319 e. The lowest BCUT2D eigenvalue weighted by atomic mass is 10.0. The Morgan fingerprint density at radius 3 is 2.57 bits per heavy atom. The van der Waals surface area contributed by atoms with Crippen molar-refractivity contribution in [3.05, 3.63) is 58.9 Å². The number of benzene rings is 2. The van der Waals surface area contributed by atoms with Gasteiger partial charge in [0, 0.05) is 25.2 Å². The van der Waals surface area contributed by atoms with Crippen LogP contribution in [0.3, 0.4) is 0 Å². The van der Waals surface area contributed by atoms with Crippen LogP contribution in [0.25, 0.3) is 10.2 Å². The molecule has 30 heavy (non-hydrogen) atoms. The van der Waals surface area contributed by atoms with Gasteiger partial charge in [0.15, 0.2) is 4.80 Å². The maximum absolute atomic E-state index is 13.1. The van der Waals surface area contributed by atoms with Crippen LogP contribution in [-0.2, 0) is 17.1 Å². The lowest BCUT2D eigenvalue weighted by molar-refractivity contribution is 0.0998. The maximum Gasteiger partial charge on any atom is 0.279 e. The third-order valence-electron chi connectivity index (χ3n) is 5.66. The van der Waals surface area contributed by atoms with Gasteiger partial charge in [-0.1, -0.05) is 36.8 Å². The summed E-state index contributed by atoms with van der Waals surface area (Å²) in [5, 5.41) is 0. The van der Waals surface area contributed by atoms with Crippen molar-refractivity contribution in [2.24, 2.45) is 12.0 Å². The van der Waals surface area contributed by atoms with Gasteiger partial charge in [-0.25, -0.2) is 8.42 Å². The molecule has 2 aromatic carbocycles. The number of hydrogen-bond donors (Lipinski definition) is 0. The Balaban J connectivity index is 1.61. The summed E-state index contributed by atoms with van der Waals surface area (Å²) in [5.41, 5.74) is 1.39. The number of piperidine rings is 1. The van der Waals surface area contributed by atoms with Gasteiger partial charge in [-0.3, -0.25) is 4.79 Å². The summed E-state index contributed by atoms with van der Waals surface area (Å²) in [6, 6.07) is 14.1. The average molecular weight is 444 g/mol. The smallest absolute Gasteiger partial charge is 0.279 e. The van der Waals surface area contributed by atoms with Gasteiger partial charge < -0.3 is 4.57 Å². The van der Waals surface area contributed by atoms with E-state index in [1.165, 1.54) is 23.5 Å². The van der Waals surface area contributed by atoms with Gasteiger partial charge in [-0.2, -0.15) is 9.30 Å². The van der Waals surface area contributed by atoms with Gasteiger partial charge in [0.2, 0.25) is 10.0 Å². The van der Waals surface area contributed by atoms with Crippen LogP contribution < -0.4 is 4.80 Å². The molecule has 1 fully saturated rings. The van der Waals surface area contributed by atoms with E-state index in [0.717, 1.165) is 35.9 Å². The highest BCUT2D eigenvalue weighted by Crippen LogP contribution is 2.27. The molecule has 1 aromatic heterocycles. The van der Waals surface area contributed by atoms with Crippen LogP contribution in [0.2, 0.25) is 0 Å². The molecule has 0 saturated carbocycles. The number of amides is 1. The van der Waals surface area contributed by atoms with Gasteiger partial charge >= 0.3 is 0 Å². The van der Waals surface area contributed by atoms with Crippen LogP contribution in [0.15, 0.2) is 58.4 Å². The normalized spacial score (nSPS) is 18.7. The van der Waals surface area contributed by atoms with Crippen molar-refractivity contribution in [3.63, 3.8) is 0 Å². The fourth-order valence-electron chi connectivity index (χ4n) is 3.94. The topological polar surface area (TPSA) is 71.7 Å². The van der Waals surface area contributed by atoms with Crippen molar-refractivity contribution in [3.8, 4) is 0 Å². The van der Waals surface area contributed by atoms with Crippen LogP contribution in [0.4, 0.5) is 0 Å². The molecule has 4 rings (SSSR count). The Labute approximate surface area is 180 Å². The predicted molar refractivity (Wildman–Crippen MR) is 119 cm³/mol. The van der Waals surface area contributed by atoms with E-state index in [0.29, 0.717) is 16.9 Å². The Bertz CT molecular complexity index is 1240. The predicted octanol–water partition coefficient (Wildman–Crippen LogP) is 3.93. The number of hydrogen-bond acceptors (Lipinski definition) is 4.